The van der Waals surface area contributed by atoms with Gasteiger partial charge in [0.05, 0.1) is 26.5 Å². The molecule has 0 aliphatic rings. The van der Waals surface area contributed by atoms with Crippen LogP contribution in [0.2, 0.25) is 1.41 Å². The summed E-state index contributed by atoms with van der Waals surface area (Å²) in [5.41, 5.74) is -1.75. The van der Waals surface area contributed by atoms with E-state index in [0.29, 0.717) is 5.09 Å². The van der Waals surface area contributed by atoms with Crippen molar-refractivity contribution in [3.63, 3.8) is 0 Å². The Labute approximate surface area is 117 Å². The standard InChI is InChI=1S/C15H12N2/c1-3-7-12(8-4-1)14-11-15(17-16-14)13-9-5-2-6-10-13/h1-11H,(H,16,17)/i1D,2D,3D,4D,5D,6D,7D,8D,9D,10D,11D/hD. The van der Waals surface area contributed by atoms with Crippen LogP contribution in [0.25, 0.3) is 22.5 Å². The van der Waals surface area contributed by atoms with Crippen molar-refractivity contribution in [3.05, 3.63) is 66.5 Å². The van der Waals surface area contributed by atoms with Crippen molar-refractivity contribution in [1.29, 1.82) is 0 Å². The van der Waals surface area contributed by atoms with Crippen LogP contribution < -0.4 is 0 Å². The summed E-state index contributed by atoms with van der Waals surface area (Å²) in [7, 11) is 0. The average molecular weight is 232 g/mol. The van der Waals surface area contributed by atoms with E-state index in [0.717, 1.165) is 0 Å². The third-order valence-corrected chi connectivity index (χ3v) is 1.96. The highest BCUT2D eigenvalue weighted by Crippen LogP contribution is 2.22. The van der Waals surface area contributed by atoms with Gasteiger partial charge in [0.15, 0.2) is 1.41 Å². The lowest BCUT2D eigenvalue weighted by atomic mass is 10.1. The third kappa shape index (κ3) is 1.97. The van der Waals surface area contributed by atoms with Crippen molar-refractivity contribution in [2.45, 2.75) is 0 Å². The van der Waals surface area contributed by atoms with E-state index in [-0.39, 0.29) is 0 Å². The number of hydrogen-bond donors (Lipinski definition) is 1. The zero-order chi connectivity index (χ0) is 21.9. The third-order valence-electron chi connectivity index (χ3n) is 1.96. The monoisotopic (exact) mass is 232 g/mol. The van der Waals surface area contributed by atoms with Gasteiger partial charge in [0.1, 0.15) is 0 Å². The Morgan fingerprint density at radius 1 is 0.882 bits per heavy atom. The lowest BCUT2D eigenvalue weighted by molar-refractivity contribution is 1.10. The molecule has 0 aliphatic carbocycles. The maximum absolute atomic E-state index is 8.34. The number of nitrogens with zero attached hydrogens (tertiary/aromatic N) is 1. The highest BCUT2D eigenvalue weighted by molar-refractivity contribution is 5.67. The number of hydrogen-bond acceptors (Lipinski definition) is 1. The fraction of sp³-hybridized carbons (Fsp3) is 0. The fourth-order valence-electron chi connectivity index (χ4n) is 1.22. The van der Waals surface area contributed by atoms with Gasteiger partial charge in [0, 0.05) is 5.56 Å². The predicted molar refractivity (Wildman–Crippen MR) is 69.5 cm³/mol. The van der Waals surface area contributed by atoms with Crippen molar-refractivity contribution in [3.8, 4) is 22.5 Å². The van der Waals surface area contributed by atoms with E-state index in [9.17, 15) is 0 Å². The van der Waals surface area contributed by atoms with Gasteiger partial charge in [-0.15, -0.1) is 0 Å². The molecule has 0 spiro atoms. The molecule has 2 aromatic carbocycles. The van der Waals surface area contributed by atoms with E-state index in [1.54, 1.807) is 0 Å². The summed E-state index contributed by atoms with van der Waals surface area (Å²) in [6, 6.07) is -7.05. The molecule has 0 saturated carbocycles. The zero-order valence-corrected chi connectivity index (χ0v) is 8.39. The lowest BCUT2D eigenvalue weighted by Gasteiger charge is -1.94. The molecule has 0 saturated heterocycles. The van der Waals surface area contributed by atoms with Crippen molar-refractivity contribution in [1.82, 2.24) is 10.2 Å². The van der Waals surface area contributed by atoms with Crippen LogP contribution in [-0.2, 0) is 0 Å². The Balaban J connectivity index is 2.41. The average Bonchev–Trinajstić information content (AvgIpc) is 2.96. The first kappa shape index (κ1) is 3.33. The van der Waals surface area contributed by atoms with Crippen LogP contribution in [0.5, 0.6) is 0 Å². The number of aromatic amines is 1. The van der Waals surface area contributed by atoms with Gasteiger partial charge in [-0.1, -0.05) is 60.4 Å². The highest BCUT2D eigenvalue weighted by atomic mass is 15.1. The Kier molecular flexibility index (Phi) is 0.833. The van der Waals surface area contributed by atoms with Crippen LogP contribution in [0.3, 0.4) is 0 Å². The summed E-state index contributed by atoms with van der Waals surface area (Å²) in [6.07, 6.45) is 0. The van der Waals surface area contributed by atoms with Crippen molar-refractivity contribution < 1.29 is 16.5 Å². The predicted octanol–water partition coefficient (Wildman–Crippen LogP) is 3.74. The van der Waals surface area contributed by atoms with Gasteiger partial charge in [-0.05, 0) is 11.6 Å². The van der Waals surface area contributed by atoms with Crippen molar-refractivity contribution >= 4 is 0 Å². The number of aromatic nitrogens is 2. The summed E-state index contributed by atoms with van der Waals surface area (Å²) in [5, 5.41) is 4.10. The minimum atomic E-state index is -0.661. The molecule has 1 N–H and O–H groups in total. The van der Waals surface area contributed by atoms with Gasteiger partial charge in [0.25, 0.3) is 0 Å². The first-order valence-corrected chi connectivity index (χ1v) is 4.65. The molecule has 0 radical (unpaired) electrons. The largest absolute Gasteiger partial charge is 0.277 e. The molecule has 3 aromatic rings. The van der Waals surface area contributed by atoms with Crippen molar-refractivity contribution in [2.24, 2.45) is 0 Å². The van der Waals surface area contributed by atoms with Gasteiger partial charge in [-0.3, -0.25) is 5.09 Å². The molecule has 82 valence electrons. The lowest BCUT2D eigenvalue weighted by Crippen LogP contribution is -1.76. The quantitative estimate of drug-likeness (QED) is 0.716. The van der Waals surface area contributed by atoms with Crippen LogP contribution in [0.1, 0.15) is 15.1 Å². The van der Waals surface area contributed by atoms with E-state index in [1.807, 2.05) is 0 Å². The van der Waals surface area contributed by atoms with Gasteiger partial charge >= 0.3 is 0 Å². The number of nitrogens with one attached hydrogen (secondary N) is 1. The second kappa shape index (κ2) is 4.26. The normalized spacial score (nSPS) is 20.2. The van der Waals surface area contributed by atoms with E-state index in [1.165, 1.54) is 0 Å². The smallest absolute Gasteiger partial charge is 0.190 e. The number of H-pyrrole nitrogens is 1. The number of rotatable bonds is 2. The number of benzene rings is 2. The fourth-order valence-corrected chi connectivity index (χ4v) is 1.22. The minimum Gasteiger partial charge on any atom is -0.277 e. The Morgan fingerprint density at radius 3 is 2.12 bits per heavy atom. The van der Waals surface area contributed by atoms with E-state index < -0.39 is 89.0 Å². The first-order valence-electron chi connectivity index (χ1n) is 10.6. The minimum absolute atomic E-state index is 0.353. The van der Waals surface area contributed by atoms with E-state index >= 15 is 0 Å². The molecule has 0 bridgehead atoms. The van der Waals surface area contributed by atoms with Crippen LogP contribution in [0.4, 0.5) is 0 Å². The zero-order valence-electron chi connectivity index (χ0n) is 20.4. The van der Waals surface area contributed by atoms with Crippen LogP contribution >= 0.6 is 0 Å². The molecule has 2 nitrogen and oxygen atoms in total. The summed E-state index contributed by atoms with van der Waals surface area (Å²) in [4.78, 5) is 0. The highest BCUT2D eigenvalue weighted by Gasteiger charge is 2.04. The van der Waals surface area contributed by atoms with Crippen LogP contribution in [-0.4, -0.2) is 10.2 Å². The van der Waals surface area contributed by atoms with Crippen LogP contribution in [0, 0.1) is 0 Å². The summed E-state index contributed by atoms with van der Waals surface area (Å²) in [5.74, 6) is 0. The Bertz CT molecular complexity index is 1130. The molecule has 0 aliphatic heterocycles. The molecule has 1 aromatic heterocycles. The van der Waals surface area contributed by atoms with Gasteiger partial charge < -0.3 is 0 Å². The molecule has 17 heavy (non-hydrogen) atoms. The molecule has 0 atom stereocenters. The maximum atomic E-state index is 8.34. The topological polar surface area (TPSA) is 28.7 Å². The van der Waals surface area contributed by atoms with Gasteiger partial charge in [-0.25, -0.2) is 0 Å². The molecular weight excluding hydrogens is 208 g/mol. The van der Waals surface area contributed by atoms with E-state index in [2.05, 4.69) is 5.10 Å². The summed E-state index contributed by atoms with van der Waals surface area (Å²) < 4.78 is 94.7. The second-order valence-electron chi connectivity index (χ2n) is 3.02. The van der Waals surface area contributed by atoms with Gasteiger partial charge in [-0.2, -0.15) is 5.10 Å². The SMILES string of the molecule is [2H]c1c([2H])c([2H])c(-c2nn([2H])c(-c3c([2H])c([2H])c([2H])c([2H])c3[2H])c2[2H])c([2H])c1[2H]. The molecule has 3 rings (SSSR count). The van der Waals surface area contributed by atoms with Gasteiger partial charge in [0.2, 0.25) is 0 Å². The van der Waals surface area contributed by atoms with Crippen molar-refractivity contribution in [2.75, 3.05) is 0 Å². The molecular formula is C15H12N2. The molecule has 1 heterocycles. The second-order valence-corrected chi connectivity index (χ2v) is 3.02. The Hall–Kier alpha value is -2.35. The van der Waals surface area contributed by atoms with Crippen LogP contribution in [0.15, 0.2) is 66.5 Å². The van der Waals surface area contributed by atoms with E-state index in [4.69, 9.17) is 16.5 Å². The summed E-state index contributed by atoms with van der Waals surface area (Å²) in [6.45, 7) is 0. The maximum Gasteiger partial charge on any atom is 0.190 e. The molecule has 0 unspecified atom stereocenters. The Morgan fingerprint density at radius 2 is 1.47 bits per heavy atom. The molecule has 0 fully saturated rings. The first-order chi connectivity index (χ1) is 13.4. The summed E-state index contributed by atoms with van der Waals surface area (Å²) >= 11 is 0. The molecule has 2 heteroatoms. The molecule has 0 amide bonds.